The Hall–Kier alpha value is -1.84. The van der Waals surface area contributed by atoms with E-state index in [4.69, 9.17) is 0 Å². The van der Waals surface area contributed by atoms with Gasteiger partial charge in [-0.2, -0.15) is 0 Å². The molecule has 80 valence electrons. The first-order valence-electron chi connectivity index (χ1n) is 4.58. The fraction of sp³-hybridized carbons (Fsp3) is 0.273. The maximum absolute atomic E-state index is 10.4. The van der Waals surface area contributed by atoms with Crippen molar-refractivity contribution in [3.05, 3.63) is 29.8 Å². The minimum Gasteiger partial charge on any atom is -0.378 e. The fourth-order valence-corrected chi connectivity index (χ4v) is 1.02. The maximum Gasteiger partial charge on any atom is 0.331 e. The van der Waals surface area contributed by atoms with E-state index >= 15 is 0 Å². The van der Waals surface area contributed by atoms with Crippen molar-refractivity contribution >= 4 is 17.9 Å². The second kappa shape index (κ2) is 5.14. The second-order valence-electron chi connectivity index (χ2n) is 3.30. The minimum absolute atomic E-state index is 0.420. The van der Waals surface area contributed by atoms with Crippen LogP contribution < -0.4 is 4.90 Å². The normalized spacial score (nSPS) is 10.3. The highest BCUT2D eigenvalue weighted by atomic mass is 16.7. The minimum atomic E-state index is -0.420. The van der Waals surface area contributed by atoms with Crippen molar-refractivity contribution in [2.75, 3.05) is 19.0 Å². The molecule has 0 aromatic heterocycles. The molecule has 0 radical (unpaired) electrons. The Morgan fingerprint density at radius 1 is 1.33 bits per heavy atom. The smallest absolute Gasteiger partial charge is 0.331 e. The number of nitrogens with zero attached hydrogens (tertiary/aromatic N) is 2. The van der Waals surface area contributed by atoms with Crippen molar-refractivity contribution in [3.8, 4) is 0 Å². The Labute approximate surface area is 89.1 Å². The molecule has 0 aliphatic heterocycles. The molecule has 1 rings (SSSR count). The number of anilines is 1. The number of oxime groups is 1. The zero-order valence-electron chi connectivity index (χ0n) is 9.10. The van der Waals surface area contributed by atoms with Gasteiger partial charge in [0.05, 0.1) is 6.21 Å². The van der Waals surface area contributed by atoms with Gasteiger partial charge in [0.25, 0.3) is 0 Å². The van der Waals surface area contributed by atoms with E-state index in [0.717, 1.165) is 11.3 Å². The highest BCUT2D eigenvalue weighted by Crippen LogP contribution is 2.10. The molecular weight excluding hydrogens is 192 g/mol. The van der Waals surface area contributed by atoms with Crippen LogP contribution in [0.5, 0.6) is 0 Å². The van der Waals surface area contributed by atoms with E-state index in [1.54, 1.807) is 0 Å². The third-order valence-electron chi connectivity index (χ3n) is 1.79. The molecule has 1 aromatic rings. The first-order chi connectivity index (χ1) is 7.09. The summed E-state index contributed by atoms with van der Waals surface area (Å²) < 4.78 is 0. The van der Waals surface area contributed by atoms with E-state index in [-0.39, 0.29) is 0 Å². The van der Waals surface area contributed by atoms with E-state index in [9.17, 15) is 4.79 Å². The number of hydrogen-bond donors (Lipinski definition) is 0. The molecule has 0 fully saturated rings. The lowest BCUT2D eigenvalue weighted by Gasteiger charge is -2.11. The summed E-state index contributed by atoms with van der Waals surface area (Å²) in [6, 6.07) is 7.74. The van der Waals surface area contributed by atoms with Gasteiger partial charge in [-0.05, 0) is 17.7 Å². The van der Waals surface area contributed by atoms with E-state index in [1.165, 1.54) is 13.1 Å². The van der Waals surface area contributed by atoms with E-state index in [0.29, 0.717) is 0 Å². The van der Waals surface area contributed by atoms with Crippen LogP contribution in [0.1, 0.15) is 12.5 Å². The standard InChI is InChI=1S/C11H14N2O2/c1-9(14)15-12-8-10-4-6-11(7-5-10)13(2)3/h4-8H,1-3H3/b12-8-. The van der Waals surface area contributed by atoms with Crippen LogP contribution in [-0.4, -0.2) is 26.3 Å². The van der Waals surface area contributed by atoms with Crippen LogP contribution in [0.25, 0.3) is 0 Å². The van der Waals surface area contributed by atoms with Crippen LogP contribution in [0, 0.1) is 0 Å². The Morgan fingerprint density at radius 2 is 1.93 bits per heavy atom. The van der Waals surface area contributed by atoms with Gasteiger partial charge < -0.3 is 9.74 Å². The molecule has 1 aromatic carbocycles. The summed E-state index contributed by atoms with van der Waals surface area (Å²) in [6.45, 7) is 1.31. The number of benzene rings is 1. The molecular formula is C11H14N2O2. The largest absolute Gasteiger partial charge is 0.378 e. The summed E-state index contributed by atoms with van der Waals surface area (Å²) in [6.07, 6.45) is 1.50. The monoisotopic (exact) mass is 206 g/mol. The lowest BCUT2D eigenvalue weighted by molar-refractivity contribution is -0.140. The van der Waals surface area contributed by atoms with Gasteiger partial charge in [0, 0.05) is 26.7 Å². The van der Waals surface area contributed by atoms with E-state index in [1.807, 2.05) is 43.3 Å². The van der Waals surface area contributed by atoms with Crippen LogP contribution in [0.2, 0.25) is 0 Å². The van der Waals surface area contributed by atoms with Crippen LogP contribution >= 0.6 is 0 Å². The molecule has 0 atom stereocenters. The lowest BCUT2D eigenvalue weighted by atomic mass is 10.2. The first-order valence-corrected chi connectivity index (χ1v) is 4.58. The lowest BCUT2D eigenvalue weighted by Crippen LogP contribution is -2.08. The molecule has 0 spiro atoms. The average molecular weight is 206 g/mol. The molecule has 0 aliphatic rings. The molecule has 0 saturated carbocycles. The Bertz CT molecular complexity index is 355. The van der Waals surface area contributed by atoms with Crippen molar-refractivity contribution in [2.24, 2.45) is 5.16 Å². The summed E-state index contributed by atoms with van der Waals surface area (Å²) in [5, 5.41) is 3.53. The van der Waals surface area contributed by atoms with Gasteiger partial charge in [-0.1, -0.05) is 17.3 Å². The van der Waals surface area contributed by atoms with Crippen molar-refractivity contribution < 1.29 is 9.63 Å². The summed E-state index contributed by atoms with van der Waals surface area (Å²) in [5.41, 5.74) is 2.00. The van der Waals surface area contributed by atoms with Crippen LogP contribution in [0.15, 0.2) is 29.4 Å². The molecule has 0 unspecified atom stereocenters. The molecule has 15 heavy (non-hydrogen) atoms. The number of carbonyl (C=O) groups excluding carboxylic acids is 1. The van der Waals surface area contributed by atoms with Crippen molar-refractivity contribution in [1.29, 1.82) is 0 Å². The van der Waals surface area contributed by atoms with Crippen molar-refractivity contribution in [3.63, 3.8) is 0 Å². The summed E-state index contributed by atoms with van der Waals surface area (Å²) >= 11 is 0. The van der Waals surface area contributed by atoms with Gasteiger partial charge in [0.2, 0.25) is 0 Å². The number of rotatable bonds is 3. The van der Waals surface area contributed by atoms with Crippen LogP contribution in [-0.2, 0) is 9.63 Å². The van der Waals surface area contributed by atoms with Gasteiger partial charge >= 0.3 is 5.97 Å². The van der Waals surface area contributed by atoms with E-state index in [2.05, 4.69) is 9.99 Å². The predicted octanol–water partition coefficient (Wildman–Crippen LogP) is 1.65. The Kier molecular flexibility index (Phi) is 3.85. The summed E-state index contributed by atoms with van der Waals surface area (Å²) in [7, 11) is 3.95. The van der Waals surface area contributed by atoms with Crippen molar-refractivity contribution in [2.45, 2.75) is 6.92 Å². The Balaban J connectivity index is 2.64. The van der Waals surface area contributed by atoms with Gasteiger partial charge in [-0.3, -0.25) is 0 Å². The zero-order valence-corrected chi connectivity index (χ0v) is 9.10. The first kappa shape index (κ1) is 11.2. The van der Waals surface area contributed by atoms with E-state index < -0.39 is 5.97 Å². The number of carbonyl (C=O) groups is 1. The Morgan fingerprint density at radius 3 is 2.40 bits per heavy atom. The van der Waals surface area contributed by atoms with Gasteiger partial charge in [0.1, 0.15) is 0 Å². The molecule has 4 heteroatoms. The topological polar surface area (TPSA) is 41.9 Å². The average Bonchev–Trinajstić information content (AvgIpc) is 2.18. The quantitative estimate of drug-likeness (QED) is 0.429. The molecule has 0 aliphatic carbocycles. The molecule has 0 bridgehead atoms. The van der Waals surface area contributed by atoms with Gasteiger partial charge in [-0.15, -0.1) is 0 Å². The van der Waals surface area contributed by atoms with Crippen molar-refractivity contribution in [1.82, 2.24) is 0 Å². The van der Waals surface area contributed by atoms with Gasteiger partial charge in [0.15, 0.2) is 0 Å². The molecule has 4 nitrogen and oxygen atoms in total. The maximum atomic E-state index is 10.4. The third-order valence-corrected chi connectivity index (χ3v) is 1.79. The molecule has 0 amide bonds. The van der Waals surface area contributed by atoms with Crippen LogP contribution in [0.3, 0.4) is 0 Å². The SMILES string of the molecule is CC(=O)O/N=C\c1ccc(N(C)C)cc1. The second-order valence-corrected chi connectivity index (χ2v) is 3.30. The zero-order chi connectivity index (χ0) is 11.3. The molecule has 0 heterocycles. The summed E-state index contributed by atoms with van der Waals surface area (Å²) in [4.78, 5) is 16.9. The fourth-order valence-electron chi connectivity index (χ4n) is 1.02. The molecule has 0 saturated heterocycles. The summed E-state index contributed by atoms with van der Waals surface area (Å²) in [5.74, 6) is -0.420. The predicted molar refractivity (Wildman–Crippen MR) is 60.1 cm³/mol. The number of hydrogen-bond acceptors (Lipinski definition) is 4. The highest BCUT2D eigenvalue weighted by Gasteiger charge is 1.94. The third kappa shape index (κ3) is 3.81. The molecule has 0 N–H and O–H groups in total. The highest BCUT2D eigenvalue weighted by molar-refractivity contribution is 5.80. The van der Waals surface area contributed by atoms with Crippen LogP contribution in [0.4, 0.5) is 5.69 Å². The van der Waals surface area contributed by atoms with Gasteiger partial charge in [-0.25, -0.2) is 4.79 Å².